The molecule has 0 radical (unpaired) electrons. The first-order valence-electron chi connectivity index (χ1n) is 9.11. The minimum atomic E-state index is -0.653. The number of fused-ring (bicyclic) bond motifs is 3. The molecule has 6 nitrogen and oxygen atoms in total. The molecule has 1 aliphatic carbocycles. The fourth-order valence-corrected chi connectivity index (χ4v) is 3.95. The number of hydrogen-bond donors (Lipinski definition) is 1. The normalized spacial score (nSPS) is 18.6. The van der Waals surface area contributed by atoms with Crippen molar-refractivity contribution in [2.75, 3.05) is 33.4 Å². The van der Waals surface area contributed by atoms with Crippen molar-refractivity contribution in [3.63, 3.8) is 0 Å². The molecule has 2 aromatic carbocycles. The summed E-state index contributed by atoms with van der Waals surface area (Å²) in [5.41, 5.74) is 4.69. The van der Waals surface area contributed by atoms with E-state index in [0.29, 0.717) is 19.6 Å². The molecule has 0 aromatic heterocycles. The van der Waals surface area contributed by atoms with E-state index in [4.69, 9.17) is 9.47 Å². The van der Waals surface area contributed by atoms with Crippen LogP contribution in [-0.4, -0.2) is 56.4 Å². The van der Waals surface area contributed by atoms with E-state index in [1.54, 1.807) is 0 Å². The molecule has 1 fully saturated rings. The molecule has 1 unspecified atom stereocenters. The van der Waals surface area contributed by atoms with Gasteiger partial charge < -0.3 is 14.8 Å². The molecule has 0 spiro atoms. The summed E-state index contributed by atoms with van der Waals surface area (Å²) in [6.45, 7) is 1.65. The van der Waals surface area contributed by atoms with E-state index in [-0.39, 0.29) is 12.5 Å². The quantitative estimate of drug-likeness (QED) is 0.845. The summed E-state index contributed by atoms with van der Waals surface area (Å²) in [7, 11) is 1.33. The lowest BCUT2D eigenvalue weighted by Gasteiger charge is -2.33. The number of carbonyl (C=O) groups excluding carboxylic acids is 2. The van der Waals surface area contributed by atoms with Crippen LogP contribution >= 0.6 is 0 Å². The second-order valence-electron chi connectivity index (χ2n) is 6.74. The Labute approximate surface area is 158 Å². The first-order chi connectivity index (χ1) is 13.2. The predicted molar refractivity (Wildman–Crippen MR) is 100 cm³/mol. The van der Waals surface area contributed by atoms with Crippen LogP contribution in [0.2, 0.25) is 0 Å². The average Bonchev–Trinajstić information content (AvgIpc) is 3.05. The maximum absolute atomic E-state index is 12.7. The lowest BCUT2D eigenvalue weighted by atomic mass is 9.98. The summed E-state index contributed by atoms with van der Waals surface area (Å²) in [5, 5.41) is 3.11. The molecular weight excluding hydrogens is 344 g/mol. The Hall–Kier alpha value is -2.86. The molecule has 1 atom stereocenters. The van der Waals surface area contributed by atoms with Gasteiger partial charge in [-0.05, 0) is 22.3 Å². The fraction of sp³-hybridized carbons (Fsp3) is 0.333. The third kappa shape index (κ3) is 3.17. The predicted octanol–water partition coefficient (Wildman–Crippen LogP) is 2.38. The van der Waals surface area contributed by atoms with Gasteiger partial charge in [0, 0.05) is 25.6 Å². The number of amides is 1. The van der Waals surface area contributed by atoms with Gasteiger partial charge in [0.1, 0.15) is 12.6 Å². The molecule has 1 saturated heterocycles. The van der Waals surface area contributed by atoms with Gasteiger partial charge in [-0.1, -0.05) is 48.5 Å². The summed E-state index contributed by atoms with van der Waals surface area (Å²) in [4.78, 5) is 26.1. The molecule has 6 heteroatoms. The van der Waals surface area contributed by atoms with E-state index in [2.05, 4.69) is 29.6 Å². The monoisotopic (exact) mass is 366 g/mol. The minimum absolute atomic E-state index is 0.000780. The largest absolute Gasteiger partial charge is 0.467 e. The fourth-order valence-electron chi connectivity index (χ4n) is 3.95. The molecular formula is C21H22N2O4. The summed E-state index contributed by atoms with van der Waals surface area (Å²) >= 11 is 0. The van der Waals surface area contributed by atoms with Crippen LogP contribution in [0.1, 0.15) is 17.0 Å². The number of carbonyl (C=O) groups is 2. The van der Waals surface area contributed by atoms with Gasteiger partial charge in [-0.25, -0.2) is 9.59 Å². The van der Waals surface area contributed by atoms with Crippen LogP contribution in [-0.2, 0) is 14.3 Å². The van der Waals surface area contributed by atoms with Crippen LogP contribution in [0.3, 0.4) is 0 Å². The van der Waals surface area contributed by atoms with Crippen molar-refractivity contribution in [3.05, 3.63) is 59.7 Å². The van der Waals surface area contributed by atoms with E-state index in [0.717, 1.165) is 11.1 Å². The number of nitrogens with zero attached hydrogens (tertiary/aromatic N) is 1. The summed E-state index contributed by atoms with van der Waals surface area (Å²) in [5.74, 6) is -0.434. The van der Waals surface area contributed by atoms with Crippen LogP contribution in [0.5, 0.6) is 0 Å². The zero-order chi connectivity index (χ0) is 18.8. The summed E-state index contributed by atoms with van der Waals surface area (Å²) in [6.07, 6.45) is -0.478. The Morgan fingerprint density at radius 1 is 1.07 bits per heavy atom. The molecule has 4 rings (SSSR count). The standard InChI is InChI=1S/C21H22N2O4/c1-26-20(24)19-12-22-10-11-23(19)21(25)27-13-18-16-8-4-2-6-14(16)15-7-3-5-9-17(15)18/h2-9,18-19,22H,10-13H2,1H3. The summed E-state index contributed by atoms with van der Waals surface area (Å²) < 4.78 is 10.5. The van der Waals surface area contributed by atoms with E-state index in [9.17, 15) is 9.59 Å². The highest BCUT2D eigenvalue weighted by Crippen LogP contribution is 2.44. The molecule has 1 N–H and O–H groups in total. The van der Waals surface area contributed by atoms with Crippen molar-refractivity contribution in [1.82, 2.24) is 10.2 Å². The van der Waals surface area contributed by atoms with Crippen molar-refractivity contribution in [2.24, 2.45) is 0 Å². The highest BCUT2D eigenvalue weighted by molar-refractivity contribution is 5.82. The molecule has 27 heavy (non-hydrogen) atoms. The number of rotatable bonds is 3. The van der Waals surface area contributed by atoms with E-state index in [1.165, 1.54) is 23.1 Å². The van der Waals surface area contributed by atoms with Crippen molar-refractivity contribution >= 4 is 12.1 Å². The third-order valence-electron chi connectivity index (χ3n) is 5.29. The molecule has 140 valence electrons. The molecule has 2 aromatic rings. The molecule has 0 bridgehead atoms. The highest BCUT2D eigenvalue weighted by atomic mass is 16.6. The first kappa shape index (κ1) is 17.5. The number of hydrogen-bond acceptors (Lipinski definition) is 5. The lowest BCUT2D eigenvalue weighted by molar-refractivity contribution is -0.146. The summed E-state index contributed by atoms with van der Waals surface area (Å²) in [6, 6.07) is 15.7. The van der Waals surface area contributed by atoms with Crippen molar-refractivity contribution < 1.29 is 19.1 Å². The molecule has 1 heterocycles. The van der Waals surface area contributed by atoms with Crippen molar-refractivity contribution in [1.29, 1.82) is 0 Å². The van der Waals surface area contributed by atoms with Gasteiger partial charge in [0.2, 0.25) is 0 Å². The van der Waals surface area contributed by atoms with Crippen LogP contribution in [0, 0.1) is 0 Å². The van der Waals surface area contributed by atoms with E-state index < -0.39 is 18.1 Å². The van der Waals surface area contributed by atoms with E-state index >= 15 is 0 Å². The number of piperazine rings is 1. The smallest absolute Gasteiger partial charge is 0.410 e. The van der Waals surface area contributed by atoms with Gasteiger partial charge in [0.25, 0.3) is 0 Å². The third-order valence-corrected chi connectivity index (χ3v) is 5.29. The SMILES string of the molecule is COC(=O)C1CNCCN1C(=O)OCC1c2ccccc2-c2ccccc21. The Bertz CT molecular complexity index is 821. The van der Waals surface area contributed by atoms with Crippen molar-refractivity contribution in [2.45, 2.75) is 12.0 Å². The van der Waals surface area contributed by atoms with Crippen LogP contribution < -0.4 is 5.32 Å². The minimum Gasteiger partial charge on any atom is -0.467 e. The second-order valence-corrected chi connectivity index (χ2v) is 6.74. The number of ether oxygens (including phenoxy) is 2. The Kier molecular flexibility index (Phi) is 4.81. The van der Waals surface area contributed by atoms with Crippen LogP contribution in [0.4, 0.5) is 4.79 Å². The Morgan fingerprint density at radius 3 is 2.33 bits per heavy atom. The van der Waals surface area contributed by atoms with Crippen LogP contribution in [0.15, 0.2) is 48.5 Å². The Balaban J connectivity index is 1.51. The zero-order valence-corrected chi connectivity index (χ0v) is 15.2. The number of esters is 1. The highest BCUT2D eigenvalue weighted by Gasteiger charge is 2.35. The maximum Gasteiger partial charge on any atom is 0.410 e. The van der Waals surface area contributed by atoms with Gasteiger partial charge >= 0.3 is 12.1 Å². The van der Waals surface area contributed by atoms with Crippen molar-refractivity contribution in [3.8, 4) is 11.1 Å². The number of nitrogens with one attached hydrogen (secondary N) is 1. The van der Waals surface area contributed by atoms with Gasteiger partial charge in [0.05, 0.1) is 7.11 Å². The molecule has 2 aliphatic rings. The molecule has 0 saturated carbocycles. The first-order valence-corrected chi connectivity index (χ1v) is 9.11. The zero-order valence-electron chi connectivity index (χ0n) is 15.2. The average molecular weight is 366 g/mol. The maximum atomic E-state index is 12.7. The Morgan fingerprint density at radius 2 is 1.70 bits per heavy atom. The van der Waals surface area contributed by atoms with Gasteiger partial charge in [-0.3, -0.25) is 4.90 Å². The number of methoxy groups -OCH3 is 1. The molecule has 1 aliphatic heterocycles. The van der Waals surface area contributed by atoms with E-state index in [1.807, 2.05) is 24.3 Å². The molecule has 1 amide bonds. The van der Waals surface area contributed by atoms with Gasteiger partial charge in [0.15, 0.2) is 0 Å². The second kappa shape index (κ2) is 7.40. The van der Waals surface area contributed by atoms with Crippen LogP contribution in [0.25, 0.3) is 11.1 Å². The lowest BCUT2D eigenvalue weighted by Crippen LogP contribution is -2.57. The number of benzene rings is 2. The topological polar surface area (TPSA) is 67.9 Å². The van der Waals surface area contributed by atoms with Gasteiger partial charge in [-0.2, -0.15) is 0 Å². The van der Waals surface area contributed by atoms with Gasteiger partial charge in [-0.15, -0.1) is 0 Å².